The number of thiazole rings is 1. The summed E-state index contributed by atoms with van der Waals surface area (Å²) in [4.78, 5) is 33.1. The van der Waals surface area contributed by atoms with E-state index in [0.29, 0.717) is 27.6 Å². The Morgan fingerprint density at radius 3 is 2.45 bits per heavy atom. The molecule has 3 N–H and O–H groups in total. The highest BCUT2D eigenvalue weighted by Crippen LogP contribution is 2.31. The van der Waals surface area contributed by atoms with Crippen LogP contribution in [-0.4, -0.2) is 36.0 Å². The van der Waals surface area contributed by atoms with E-state index < -0.39 is 11.8 Å². The third-order valence-corrected chi connectivity index (χ3v) is 5.88. The molecule has 0 aliphatic rings. The van der Waals surface area contributed by atoms with Crippen LogP contribution >= 0.6 is 11.3 Å². The monoisotopic (exact) mass is 436 g/mol. The quantitative estimate of drug-likeness (QED) is 0.414. The average Bonchev–Trinajstić information content (AvgIpc) is 3.40. The second kappa shape index (κ2) is 8.49. The molecular formula is C22H20N4O4S. The number of amides is 2. The fraction of sp³-hybridized carbons (Fsp3) is 0.136. The van der Waals surface area contributed by atoms with Crippen molar-refractivity contribution in [2.75, 3.05) is 14.2 Å². The number of hydrogen-bond donors (Lipinski definition) is 3. The highest BCUT2D eigenvalue weighted by Gasteiger charge is 2.18. The molecule has 0 aliphatic carbocycles. The lowest BCUT2D eigenvalue weighted by Gasteiger charge is -2.05. The number of ether oxygens (including phenoxy) is 2. The van der Waals surface area contributed by atoms with E-state index in [-0.39, 0.29) is 5.69 Å². The Hall–Kier alpha value is -3.85. The van der Waals surface area contributed by atoms with Crippen LogP contribution in [0.2, 0.25) is 0 Å². The van der Waals surface area contributed by atoms with E-state index in [0.717, 1.165) is 16.0 Å². The fourth-order valence-electron chi connectivity index (χ4n) is 3.13. The van der Waals surface area contributed by atoms with E-state index in [1.165, 1.54) is 18.4 Å². The SMILES string of the molecule is COc1cc(OC)c2[nH]c(C(=O)NNC(=O)c3sc(-c4ccccc4)nc3C)cc2c1. The lowest BCUT2D eigenvalue weighted by atomic mass is 10.2. The van der Waals surface area contributed by atoms with Crippen LogP contribution in [0.1, 0.15) is 25.9 Å². The number of aromatic nitrogens is 2. The molecule has 2 amide bonds. The summed E-state index contributed by atoms with van der Waals surface area (Å²) < 4.78 is 10.6. The number of nitrogens with zero attached hydrogens (tertiary/aromatic N) is 1. The van der Waals surface area contributed by atoms with Crippen LogP contribution in [0.5, 0.6) is 11.5 Å². The average molecular weight is 436 g/mol. The molecule has 0 atom stereocenters. The summed E-state index contributed by atoms with van der Waals surface area (Å²) >= 11 is 1.27. The van der Waals surface area contributed by atoms with Gasteiger partial charge in [0.2, 0.25) is 0 Å². The first-order chi connectivity index (χ1) is 15.0. The predicted octanol–water partition coefficient (Wildman–Crippen LogP) is 3.69. The van der Waals surface area contributed by atoms with Crippen molar-refractivity contribution in [3.63, 3.8) is 0 Å². The fourth-order valence-corrected chi connectivity index (χ4v) is 4.10. The Balaban J connectivity index is 1.49. The van der Waals surface area contributed by atoms with Gasteiger partial charge in [-0.25, -0.2) is 4.98 Å². The summed E-state index contributed by atoms with van der Waals surface area (Å²) in [5.41, 5.74) is 7.35. The molecule has 2 aromatic heterocycles. The summed E-state index contributed by atoms with van der Waals surface area (Å²) in [5, 5.41) is 1.49. The third kappa shape index (κ3) is 4.08. The molecule has 31 heavy (non-hydrogen) atoms. The molecule has 2 heterocycles. The molecule has 0 saturated carbocycles. The number of carbonyl (C=O) groups is 2. The molecule has 4 aromatic rings. The van der Waals surface area contributed by atoms with Crippen molar-refractivity contribution in [2.45, 2.75) is 6.92 Å². The molecule has 0 saturated heterocycles. The van der Waals surface area contributed by atoms with Gasteiger partial charge >= 0.3 is 0 Å². The van der Waals surface area contributed by atoms with Crippen LogP contribution in [0.4, 0.5) is 0 Å². The van der Waals surface area contributed by atoms with Crippen molar-refractivity contribution in [1.29, 1.82) is 0 Å². The van der Waals surface area contributed by atoms with Gasteiger partial charge in [-0.05, 0) is 19.1 Å². The molecule has 9 heteroatoms. The van der Waals surface area contributed by atoms with E-state index in [4.69, 9.17) is 9.47 Å². The number of carbonyl (C=O) groups excluding carboxylic acids is 2. The highest BCUT2D eigenvalue weighted by atomic mass is 32.1. The molecule has 0 fully saturated rings. The van der Waals surface area contributed by atoms with Gasteiger partial charge in [0.25, 0.3) is 11.8 Å². The molecule has 0 aliphatic heterocycles. The predicted molar refractivity (Wildman–Crippen MR) is 119 cm³/mol. The molecule has 0 bridgehead atoms. The topological polar surface area (TPSA) is 105 Å². The van der Waals surface area contributed by atoms with Gasteiger partial charge in [-0.2, -0.15) is 0 Å². The van der Waals surface area contributed by atoms with Crippen LogP contribution in [0, 0.1) is 6.92 Å². The van der Waals surface area contributed by atoms with Crippen LogP contribution in [0.25, 0.3) is 21.5 Å². The van der Waals surface area contributed by atoms with Crippen molar-refractivity contribution in [2.24, 2.45) is 0 Å². The van der Waals surface area contributed by atoms with Crippen LogP contribution in [-0.2, 0) is 0 Å². The molecule has 4 rings (SSSR count). The summed E-state index contributed by atoms with van der Waals surface area (Å²) in [6.07, 6.45) is 0. The van der Waals surface area contributed by atoms with Crippen molar-refractivity contribution < 1.29 is 19.1 Å². The number of hydrogen-bond acceptors (Lipinski definition) is 6. The highest BCUT2D eigenvalue weighted by molar-refractivity contribution is 7.17. The zero-order chi connectivity index (χ0) is 22.0. The number of nitrogens with one attached hydrogen (secondary N) is 3. The van der Waals surface area contributed by atoms with Gasteiger partial charge in [-0.15, -0.1) is 11.3 Å². The molecule has 2 aromatic carbocycles. The summed E-state index contributed by atoms with van der Waals surface area (Å²) in [6, 6.07) is 14.8. The van der Waals surface area contributed by atoms with Gasteiger partial charge in [0.1, 0.15) is 27.1 Å². The van der Waals surface area contributed by atoms with Gasteiger partial charge in [-0.1, -0.05) is 30.3 Å². The van der Waals surface area contributed by atoms with Gasteiger partial charge in [0, 0.05) is 17.0 Å². The Morgan fingerprint density at radius 2 is 1.74 bits per heavy atom. The first-order valence-electron chi connectivity index (χ1n) is 9.38. The number of fused-ring (bicyclic) bond motifs is 1. The van der Waals surface area contributed by atoms with Crippen LogP contribution in [0.3, 0.4) is 0 Å². The van der Waals surface area contributed by atoms with E-state index in [1.807, 2.05) is 30.3 Å². The van der Waals surface area contributed by atoms with Gasteiger partial charge in [-0.3, -0.25) is 20.4 Å². The summed E-state index contributed by atoms with van der Waals surface area (Å²) in [7, 11) is 3.09. The summed E-state index contributed by atoms with van der Waals surface area (Å²) in [5.74, 6) is 0.238. The molecule has 158 valence electrons. The number of aromatic amines is 1. The zero-order valence-corrected chi connectivity index (χ0v) is 17.9. The zero-order valence-electron chi connectivity index (χ0n) is 17.1. The maximum atomic E-state index is 12.6. The van der Waals surface area contributed by atoms with E-state index in [9.17, 15) is 9.59 Å². The van der Waals surface area contributed by atoms with Crippen molar-refractivity contribution in [1.82, 2.24) is 20.8 Å². The van der Waals surface area contributed by atoms with Crippen molar-refractivity contribution >= 4 is 34.1 Å². The largest absolute Gasteiger partial charge is 0.497 e. The van der Waals surface area contributed by atoms with Gasteiger partial charge in [0.05, 0.1) is 25.4 Å². The lowest BCUT2D eigenvalue weighted by Crippen LogP contribution is -2.41. The molecule has 8 nitrogen and oxygen atoms in total. The number of rotatable bonds is 5. The maximum Gasteiger partial charge on any atom is 0.286 e. The third-order valence-electron chi connectivity index (χ3n) is 4.68. The minimum absolute atomic E-state index is 0.271. The van der Waals surface area contributed by atoms with Crippen LogP contribution < -0.4 is 20.3 Å². The lowest BCUT2D eigenvalue weighted by molar-refractivity contribution is 0.0846. The van der Waals surface area contributed by atoms with Gasteiger partial charge in [0.15, 0.2) is 0 Å². The van der Waals surface area contributed by atoms with Crippen molar-refractivity contribution in [3.8, 4) is 22.1 Å². The first kappa shape index (κ1) is 20.4. The van der Waals surface area contributed by atoms with E-state index in [1.54, 1.807) is 32.2 Å². The minimum Gasteiger partial charge on any atom is -0.497 e. The Labute approximate surface area is 182 Å². The second-order valence-corrected chi connectivity index (χ2v) is 7.68. The summed E-state index contributed by atoms with van der Waals surface area (Å²) in [6.45, 7) is 1.76. The maximum absolute atomic E-state index is 12.6. The molecular weight excluding hydrogens is 416 g/mol. The Kier molecular flexibility index (Phi) is 5.59. The van der Waals surface area contributed by atoms with Crippen LogP contribution in [0.15, 0.2) is 48.5 Å². The Morgan fingerprint density at radius 1 is 1.00 bits per heavy atom. The number of H-pyrrole nitrogens is 1. The smallest absolute Gasteiger partial charge is 0.286 e. The Bertz CT molecular complexity index is 1260. The van der Waals surface area contributed by atoms with E-state index >= 15 is 0 Å². The van der Waals surface area contributed by atoms with Crippen molar-refractivity contribution in [3.05, 3.63) is 64.8 Å². The number of benzene rings is 2. The second-order valence-electron chi connectivity index (χ2n) is 6.68. The number of methoxy groups -OCH3 is 2. The molecule has 0 radical (unpaired) electrons. The first-order valence-corrected chi connectivity index (χ1v) is 10.2. The minimum atomic E-state index is -0.490. The standard InChI is InChI=1S/C22H20N4O4S/c1-12-19(31-22(23-12)13-7-5-4-6-8-13)21(28)26-25-20(27)16-10-14-9-15(29-2)11-17(30-3)18(14)24-16/h4-11,24H,1-3H3,(H,25,27)(H,26,28). The number of aryl methyl sites for hydroxylation is 1. The number of hydrazine groups is 1. The molecule has 0 spiro atoms. The normalized spacial score (nSPS) is 10.7. The molecule has 0 unspecified atom stereocenters. The van der Waals surface area contributed by atoms with Gasteiger partial charge < -0.3 is 14.5 Å². The van der Waals surface area contributed by atoms with E-state index in [2.05, 4.69) is 20.8 Å².